The highest BCUT2D eigenvalue weighted by Gasteiger charge is 2.41. The number of aryl methyl sites for hydroxylation is 1. The molecular formula is C25H26F2N4O3. The van der Waals surface area contributed by atoms with E-state index < -0.39 is 17.8 Å². The maximum Gasteiger partial charge on any atom is 0.255 e. The van der Waals surface area contributed by atoms with Crippen LogP contribution in [-0.2, 0) is 22.7 Å². The summed E-state index contributed by atoms with van der Waals surface area (Å²) in [6.07, 6.45) is 0.428. The third-order valence-corrected chi connectivity index (χ3v) is 6.91. The Morgan fingerprint density at radius 2 is 1.79 bits per heavy atom. The number of amides is 3. The van der Waals surface area contributed by atoms with Crippen molar-refractivity contribution < 1.29 is 23.2 Å². The molecule has 2 saturated heterocycles. The molecule has 3 amide bonds. The van der Waals surface area contributed by atoms with Gasteiger partial charge < -0.3 is 9.80 Å². The van der Waals surface area contributed by atoms with Gasteiger partial charge in [0.2, 0.25) is 11.8 Å². The van der Waals surface area contributed by atoms with E-state index in [0.717, 1.165) is 5.56 Å². The van der Waals surface area contributed by atoms with Gasteiger partial charge in [0.15, 0.2) is 0 Å². The van der Waals surface area contributed by atoms with E-state index in [0.29, 0.717) is 49.5 Å². The Morgan fingerprint density at radius 1 is 1.03 bits per heavy atom. The van der Waals surface area contributed by atoms with Gasteiger partial charge in [-0.05, 0) is 31.5 Å². The van der Waals surface area contributed by atoms with Gasteiger partial charge in [0.1, 0.15) is 17.7 Å². The van der Waals surface area contributed by atoms with Crippen LogP contribution >= 0.6 is 0 Å². The highest BCUT2D eigenvalue weighted by Crippen LogP contribution is 2.35. The third kappa shape index (κ3) is 4.16. The van der Waals surface area contributed by atoms with Gasteiger partial charge in [0.05, 0.1) is 0 Å². The number of piperazine rings is 1. The molecule has 9 heteroatoms. The van der Waals surface area contributed by atoms with Crippen LogP contribution in [0.5, 0.6) is 0 Å². The normalized spacial score (nSPS) is 21.1. The van der Waals surface area contributed by atoms with Gasteiger partial charge in [-0.15, -0.1) is 0 Å². The number of carbonyl (C=O) groups is 3. The van der Waals surface area contributed by atoms with Crippen molar-refractivity contribution in [2.75, 3.05) is 31.1 Å². The number of carbonyl (C=O) groups excluding carboxylic acids is 3. The SMILES string of the molecule is Cc1ccc(F)c(CN2CCN(c3cc(F)cc4c3CN(C3CCC(=O)NC3=O)C4=O)CC2)c1. The lowest BCUT2D eigenvalue weighted by molar-refractivity contribution is -0.136. The molecule has 0 bridgehead atoms. The van der Waals surface area contributed by atoms with Crippen molar-refractivity contribution in [3.05, 3.63) is 64.2 Å². The summed E-state index contributed by atoms with van der Waals surface area (Å²) in [6, 6.07) is 7.02. The average molecular weight is 469 g/mol. The zero-order valence-electron chi connectivity index (χ0n) is 18.9. The monoisotopic (exact) mass is 468 g/mol. The molecule has 3 aliphatic rings. The number of hydrogen-bond donors (Lipinski definition) is 1. The van der Waals surface area contributed by atoms with Gasteiger partial charge in [-0.1, -0.05) is 17.7 Å². The molecule has 3 heterocycles. The molecule has 3 aliphatic heterocycles. The quantitative estimate of drug-likeness (QED) is 0.698. The van der Waals surface area contributed by atoms with E-state index in [2.05, 4.69) is 10.2 Å². The molecule has 1 N–H and O–H groups in total. The van der Waals surface area contributed by atoms with Crippen molar-refractivity contribution in [1.29, 1.82) is 0 Å². The number of hydrogen-bond acceptors (Lipinski definition) is 5. The van der Waals surface area contributed by atoms with Crippen molar-refractivity contribution in [1.82, 2.24) is 15.1 Å². The molecule has 2 fully saturated rings. The minimum atomic E-state index is -0.741. The Bertz CT molecular complexity index is 1180. The van der Waals surface area contributed by atoms with Crippen molar-refractivity contribution in [3.63, 3.8) is 0 Å². The molecule has 0 spiro atoms. The molecule has 1 atom stereocenters. The fourth-order valence-electron chi connectivity index (χ4n) is 5.10. The molecule has 0 aliphatic carbocycles. The van der Waals surface area contributed by atoms with Gasteiger partial charge in [-0.3, -0.25) is 24.6 Å². The maximum atomic E-state index is 14.5. The van der Waals surface area contributed by atoms with Crippen LogP contribution in [0.1, 0.15) is 39.9 Å². The summed E-state index contributed by atoms with van der Waals surface area (Å²) in [7, 11) is 0. The summed E-state index contributed by atoms with van der Waals surface area (Å²) in [4.78, 5) is 42.5. The van der Waals surface area contributed by atoms with Gasteiger partial charge in [-0.25, -0.2) is 8.78 Å². The summed E-state index contributed by atoms with van der Waals surface area (Å²) in [5.74, 6) is -1.95. The molecule has 5 rings (SSSR count). The summed E-state index contributed by atoms with van der Waals surface area (Å²) >= 11 is 0. The topological polar surface area (TPSA) is 73.0 Å². The molecular weight excluding hydrogens is 442 g/mol. The zero-order chi connectivity index (χ0) is 24.0. The van der Waals surface area contributed by atoms with Crippen molar-refractivity contribution in [2.45, 2.75) is 38.9 Å². The first kappa shape index (κ1) is 22.5. The van der Waals surface area contributed by atoms with E-state index >= 15 is 0 Å². The number of nitrogens with one attached hydrogen (secondary N) is 1. The number of rotatable bonds is 4. The lowest BCUT2D eigenvalue weighted by atomic mass is 10.0. The van der Waals surface area contributed by atoms with Crippen LogP contribution in [-0.4, -0.2) is 59.7 Å². The fourth-order valence-corrected chi connectivity index (χ4v) is 5.10. The van der Waals surface area contributed by atoms with Crippen LogP contribution < -0.4 is 10.2 Å². The Morgan fingerprint density at radius 3 is 2.53 bits per heavy atom. The molecule has 0 radical (unpaired) electrons. The van der Waals surface area contributed by atoms with Crippen molar-refractivity contribution in [3.8, 4) is 0 Å². The highest BCUT2D eigenvalue weighted by atomic mass is 19.1. The van der Waals surface area contributed by atoms with E-state index in [9.17, 15) is 23.2 Å². The number of nitrogens with zero attached hydrogens (tertiary/aromatic N) is 3. The summed E-state index contributed by atoms with van der Waals surface area (Å²) in [6.45, 7) is 5.19. The summed E-state index contributed by atoms with van der Waals surface area (Å²) < 4.78 is 28.7. The molecule has 0 aromatic heterocycles. The number of anilines is 1. The van der Waals surface area contributed by atoms with Crippen LogP contribution in [0.25, 0.3) is 0 Å². The van der Waals surface area contributed by atoms with Gasteiger partial charge in [-0.2, -0.15) is 0 Å². The number of halogens is 2. The number of benzene rings is 2. The van der Waals surface area contributed by atoms with Gasteiger partial charge in [0.25, 0.3) is 5.91 Å². The van der Waals surface area contributed by atoms with Crippen molar-refractivity contribution in [2.24, 2.45) is 0 Å². The fraction of sp³-hybridized carbons (Fsp3) is 0.400. The number of imide groups is 1. The Labute approximate surface area is 196 Å². The standard InChI is InChI=1S/C25H26F2N4O3/c1-15-2-3-20(27)16(10-15)13-29-6-8-30(9-7-29)22-12-17(26)11-18-19(22)14-31(25(18)34)21-4-5-23(32)28-24(21)33/h2-3,10-12,21H,4-9,13-14H2,1H3,(H,28,32,33). The van der Waals surface area contributed by atoms with E-state index in [-0.39, 0.29) is 42.6 Å². The first-order valence-electron chi connectivity index (χ1n) is 11.5. The molecule has 178 valence electrons. The van der Waals surface area contributed by atoms with Crippen LogP contribution in [0.4, 0.5) is 14.5 Å². The summed E-state index contributed by atoms with van der Waals surface area (Å²) in [5, 5.41) is 2.29. The molecule has 0 saturated carbocycles. The average Bonchev–Trinajstić information content (AvgIpc) is 3.12. The maximum absolute atomic E-state index is 14.5. The molecule has 34 heavy (non-hydrogen) atoms. The smallest absolute Gasteiger partial charge is 0.255 e. The molecule has 7 nitrogen and oxygen atoms in total. The number of fused-ring (bicyclic) bond motifs is 1. The second-order valence-corrected chi connectivity index (χ2v) is 9.21. The Balaban J connectivity index is 1.32. The second kappa shape index (κ2) is 8.79. The van der Waals surface area contributed by atoms with Gasteiger partial charge in [0, 0.05) is 68.1 Å². The van der Waals surface area contributed by atoms with Crippen molar-refractivity contribution >= 4 is 23.4 Å². The van der Waals surface area contributed by atoms with E-state index in [1.54, 1.807) is 6.07 Å². The van der Waals surface area contributed by atoms with Crippen LogP contribution in [0.15, 0.2) is 30.3 Å². The van der Waals surface area contributed by atoms with Gasteiger partial charge >= 0.3 is 0 Å². The van der Waals surface area contributed by atoms with Crippen LogP contribution in [0, 0.1) is 18.6 Å². The second-order valence-electron chi connectivity index (χ2n) is 9.21. The minimum Gasteiger partial charge on any atom is -0.369 e. The number of piperidine rings is 1. The van der Waals surface area contributed by atoms with E-state index in [1.807, 2.05) is 17.9 Å². The lowest BCUT2D eigenvalue weighted by Crippen LogP contribution is -2.52. The zero-order valence-corrected chi connectivity index (χ0v) is 18.9. The Hall–Kier alpha value is -3.33. The highest BCUT2D eigenvalue weighted by molar-refractivity contribution is 6.06. The summed E-state index contributed by atoms with van der Waals surface area (Å²) in [5.41, 5.74) is 3.29. The van der Waals surface area contributed by atoms with E-state index in [4.69, 9.17) is 0 Å². The predicted octanol–water partition coefficient (Wildman–Crippen LogP) is 2.36. The Kier molecular flexibility index (Phi) is 5.81. The first-order valence-corrected chi connectivity index (χ1v) is 11.5. The largest absolute Gasteiger partial charge is 0.369 e. The predicted molar refractivity (Wildman–Crippen MR) is 121 cm³/mol. The minimum absolute atomic E-state index is 0.168. The van der Waals surface area contributed by atoms with Crippen LogP contribution in [0.3, 0.4) is 0 Å². The van der Waals surface area contributed by atoms with E-state index in [1.165, 1.54) is 23.1 Å². The molecule has 2 aromatic rings. The molecule has 2 aromatic carbocycles. The lowest BCUT2D eigenvalue weighted by Gasteiger charge is -2.37. The van der Waals surface area contributed by atoms with Crippen LogP contribution in [0.2, 0.25) is 0 Å². The third-order valence-electron chi connectivity index (χ3n) is 6.91. The first-order chi connectivity index (χ1) is 16.3. The molecule has 1 unspecified atom stereocenters.